The highest BCUT2D eigenvalue weighted by Crippen LogP contribution is 2.37. The van der Waals surface area contributed by atoms with E-state index in [1.54, 1.807) is 19.1 Å². The van der Waals surface area contributed by atoms with Crippen LogP contribution in [0, 0.1) is 18.8 Å². The Morgan fingerprint density at radius 1 is 1.39 bits per heavy atom. The highest BCUT2D eigenvalue weighted by molar-refractivity contribution is 5.94. The van der Waals surface area contributed by atoms with Gasteiger partial charge in [0.15, 0.2) is 0 Å². The van der Waals surface area contributed by atoms with Crippen LogP contribution in [-0.4, -0.2) is 17.0 Å². The Morgan fingerprint density at radius 2 is 2.06 bits per heavy atom. The summed E-state index contributed by atoms with van der Waals surface area (Å²) in [4.78, 5) is 22.7. The van der Waals surface area contributed by atoms with E-state index in [9.17, 15) is 9.59 Å². The zero-order chi connectivity index (χ0) is 13.3. The van der Waals surface area contributed by atoms with Gasteiger partial charge in [-0.1, -0.05) is 6.92 Å². The maximum Gasteiger partial charge on any atom is 0.335 e. The number of hydrogen-bond acceptors (Lipinski definition) is 2. The normalized spacial score (nSPS) is 16.1. The Balaban J connectivity index is 2.09. The van der Waals surface area contributed by atoms with Crippen molar-refractivity contribution in [2.45, 2.75) is 26.7 Å². The van der Waals surface area contributed by atoms with Crippen molar-refractivity contribution in [3.8, 4) is 0 Å². The molecule has 2 N–H and O–H groups in total. The van der Waals surface area contributed by atoms with E-state index in [1.165, 1.54) is 6.07 Å². The number of benzene rings is 1. The first kappa shape index (κ1) is 12.6. The molecule has 0 aliphatic heterocycles. The van der Waals surface area contributed by atoms with Gasteiger partial charge in [-0.3, -0.25) is 4.79 Å². The van der Waals surface area contributed by atoms with Gasteiger partial charge in [0.25, 0.3) is 0 Å². The lowest BCUT2D eigenvalue weighted by atomic mass is 10.0. The summed E-state index contributed by atoms with van der Waals surface area (Å²) < 4.78 is 0. The van der Waals surface area contributed by atoms with Crippen LogP contribution in [0.25, 0.3) is 0 Å². The zero-order valence-corrected chi connectivity index (χ0v) is 10.6. The summed E-state index contributed by atoms with van der Waals surface area (Å²) in [7, 11) is 0. The van der Waals surface area contributed by atoms with Crippen LogP contribution in [0.3, 0.4) is 0 Å². The molecule has 1 amide bonds. The predicted molar refractivity (Wildman–Crippen MR) is 68.7 cm³/mol. The van der Waals surface area contributed by atoms with Crippen LogP contribution in [0.4, 0.5) is 5.69 Å². The second-order valence-corrected chi connectivity index (χ2v) is 4.95. The molecular weight excluding hydrogens is 230 g/mol. The van der Waals surface area contributed by atoms with E-state index in [-0.39, 0.29) is 17.4 Å². The molecule has 0 aromatic heterocycles. The smallest absolute Gasteiger partial charge is 0.335 e. The molecule has 1 saturated carbocycles. The monoisotopic (exact) mass is 247 g/mol. The Kier molecular flexibility index (Phi) is 3.36. The molecule has 0 heterocycles. The van der Waals surface area contributed by atoms with Crippen LogP contribution >= 0.6 is 0 Å². The molecule has 1 aromatic carbocycles. The molecule has 4 nitrogen and oxygen atoms in total. The van der Waals surface area contributed by atoms with Crippen LogP contribution in [0.15, 0.2) is 18.2 Å². The number of carboxylic acid groups (broad SMARTS) is 1. The number of carboxylic acids is 1. The largest absolute Gasteiger partial charge is 0.478 e. The fourth-order valence-corrected chi connectivity index (χ4v) is 1.99. The quantitative estimate of drug-likeness (QED) is 0.859. The minimum Gasteiger partial charge on any atom is -0.478 e. The molecule has 1 atom stereocenters. The molecule has 4 heteroatoms. The lowest BCUT2D eigenvalue weighted by molar-refractivity contribution is -0.119. The predicted octanol–water partition coefficient (Wildman–Crippen LogP) is 2.68. The maximum absolute atomic E-state index is 11.9. The van der Waals surface area contributed by atoms with E-state index in [4.69, 9.17) is 5.11 Å². The van der Waals surface area contributed by atoms with E-state index in [2.05, 4.69) is 5.32 Å². The first-order valence-corrected chi connectivity index (χ1v) is 6.14. The number of rotatable bonds is 4. The Hall–Kier alpha value is -1.84. The van der Waals surface area contributed by atoms with Gasteiger partial charge in [-0.05, 0) is 49.4 Å². The minimum atomic E-state index is -0.956. The van der Waals surface area contributed by atoms with E-state index in [1.807, 2.05) is 6.92 Å². The number of anilines is 1. The molecule has 2 rings (SSSR count). The number of aryl methyl sites for hydroxylation is 1. The van der Waals surface area contributed by atoms with Crippen LogP contribution in [-0.2, 0) is 4.79 Å². The Bertz CT molecular complexity index is 492. The highest BCUT2D eigenvalue weighted by atomic mass is 16.4. The van der Waals surface area contributed by atoms with Crippen LogP contribution in [0.1, 0.15) is 35.7 Å². The second kappa shape index (κ2) is 4.80. The third-order valence-electron chi connectivity index (χ3n) is 3.47. The average Bonchev–Trinajstić information content (AvgIpc) is 3.14. The first-order valence-electron chi connectivity index (χ1n) is 6.14. The summed E-state index contributed by atoms with van der Waals surface area (Å²) in [5.74, 6) is -0.391. The highest BCUT2D eigenvalue weighted by Gasteiger charge is 2.32. The molecule has 1 unspecified atom stereocenters. The van der Waals surface area contributed by atoms with Crippen molar-refractivity contribution in [1.29, 1.82) is 0 Å². The van der Waals surface area contributed by atoms with E-state index in [0.717, 1.165) is 18.4 Å². The first-order chi connectivity index (χ1) is 8.49. The van der Waals surface area contributed by atoms with Crippen molar-refractivity contribution < 1.29 is 14.7 Å². The molecule has 1 aromatic rings. The molecule has 18 heavy (non-hydrogen) atoms. The Morgan fingerprint density at radius 3 is 2.56 bits per heavy atom. The summed E-state index contributed by atoms with van der Waals surface area (Å²) in [5.41, 5.74) is 1.70. The van der Waals surface area contributed by atoms with E-state index in [0.29, 0.717) is 11.6 Å². The second-order valence-electron chi connectivity index (χ2n) is 4.95. The average molecular weight is 247 g/mol. The van der Waals surface area contributed by atoms with Gasteiger partial charge in [-0.15, -0.1) is 0 Å². The van der Waals surface area contributed by atoms with Crippen LogP contribution in [0.5, 0.6) is 0 Å². The van der Waals surface area contributed by atoms with E-state index >= 15 is 0 Å². The molecular formula is C14H17NO3. The van der Waals surface area contributed by atoms with Crippen molar-refractivity contribution in [2.24, 2.45) is 11.8 Å². The number of nitrogens with one attached hydrogen (secondary N) is 1. The molecule has 96 valence electrons. The molecule has 0 spiro atoms. The van der Waals surface area contributed by atoms with Crippen molar-refractivity contribution >= 4 is 17.6 Å². The molecule has 0 saturated heterocycles. The Labute approximate surface area is 106 Å². The van der Waals surface area contributed by atoms with Crippen molar-refractivity contribution in [1.82, 2.24) is 0 Å². The molecule has 1 fully saturated rings. The van der Waals surface area contributed by atoms with E-state index < -0.39 is 5.97 Å². The van der Waals surface area contributed by atoms with Crippen molar-refractivity contribution in [2.75, 3.05) is 5.32 Å². The molecule has 1 aliphatic rings. The zero-order valence-electron chi connectivity index (χ0n) is 10.6. The topological polar surface area (TPSA) is 66.4 Å². The number of carbonyl (C=O) groups excluding carboxylic acids is 1. The minimum absolute atomic E-state index is 0.0173. The number of hydrogen-bond donors (Lipinski definition) is 2. The summed E-state index contributed by atoms with van der Waals surface area (Å²) in [6.07, 6.45) is 2.26. The SMILES string of the molecule is Cc1cc(C(=O)O)ccc1NC(=O)C(C)C1CC1. The third kappa shape index (κ3) is 2.70. The lowest BCUT2D eigenvalue weighted by Crippen LogP contribution is -2.22. The standard InChI is InChI=1S/C14H17NO3/c1-8-7-11(14(17)18)5-6-12(8)15-13(16)9(2)10-3-4-10/h5-7,9-10H,3-4H2,1-2H3,(H,15,16)(H,17,18). The fraction of sp³-hybridized carbons (Fsp3) is 0.429. The maximum atomic E-state index is 11.9. The van der Waals surface area contributed by atoms with Gasteiger partial charge in [-0.2, -0.15) is 0 Å². The van der Waals surface area contributed by atoms with Crippen molar-refractivity contribution in [3.05, 3.63) is 29.3 Å². The molecule has 1 aliphatic carbocycles. The number of amides is 1. The molecule has 0 bridgehead atoms. The van der Waals surface area contributed by atoms with Gasteiger partial charge < -0.3 is 10.4 Å². The summed E-state index contributed by atoms with van der Waals surface area (Å²) in [6.45, 7) is 3.73. The van der Waals surface area contributed by atoms with Crippen molar-refractivity contribution in [3.63, 3.8) is 0 Å². The fourth-order valence-electron chi connectivity index (χ4n) is 1.99. The summed E-state index contributed by atoms with van der Waals surface area (Å²) in [6, 6.07) is 4.72. The van der Waals surface area contributed by atoms with Gasteiger partial charge in [0.1, 0.15) is 0 Å². The third-order valence-corrected chi connectivity index (χ3v) is 3.47. The van der Waals surface area contributed by atoms with Gasteiger partial charge in [0.2, 0.25) is 5.91 Å². The summed E-state index contributed by atoms with van der Waals surface area (Å²) >= 11 is 0. The summed E-state index contributed by atoms with van der Waals surface area (Å²) in [5, 5.41) is 11.7. The van der Waals surface area contributed by atoms with Gasteiger partial charge in [-0.25, -0.2) is 4.79 Å². The van der Waals surface area contributed by atoms with Crippen LogP contribution in [0.2, 0.25) is 0 Å². The number of aromatic carboxylic acids is 1. The lowest BCUT2D eigenvalue weighted by Gasteiger charge is -2.13. The van der Waals surface area contributed by atoms with Gasteiger partial charge >= 0.3 is 5.97 Å². The number of carbonyl (C=O) groups is 2. The van der Waals surface area contributed by atoms with Gasteiger partial charge in [0.05, 0.1) is 5.56 Å². The molecule has 0 radical (unpaired) electrons. The van der Waals surface area contributed by atoms with Crippen LogP contribution < -0.4 is 5.32 Å². The van der Waals surface area contributed by atoms with Gasteiger partial charge in [0, 0.05) is 11.6 Å².